The first kappa shape index (κ1) is 26.1. The Labute approximate surface area is 194 Å². The topological polar surface area (TPSA) is 67.2 Å². The third-order valence-corrected chi connectivity index (χ3v) is 7.41. The lowest BCUT2D eigenvalue weighted by atomic mass is 10.0. The van der Waals surface area contributed by atoms with Crippen molar-refractivity contribution < 1.29 is 4.79 Å². The van der Waals surface area contributed by atoms with Gasteiger partial charge >= 0.3 is 0 Å². The third-order valence-electron chi connectivity index (χ3n) is 6.14. The SMILES string of the molecule is CCCCCCCCCCCCCCCCNC(=O)[C@@H]1CSC(c2cccc(N)c2)N1. The Hall–Kier alpha value is -1.20. The van der Waals surface area contributed by atoms with Crippen molar-refractivity contribution in [3.8, 4) is 0 Å². The Morgan fingerprint density at radius 3 is 2.13 bits per heavy atom. The van der Waals surface area contributed by atoms with E-state index in [4.69, 9.17) is 5.73 Å². The average Bonchev–Trinajstić information content (AvgIpc) is 3.27. The fraction of sp³-hybridized carbons (Fsp3) is 0.731. The molecule has 2 rings (SSSR count). The van der Waals surface area contributed by atoms with Crippen LogP contribution in [0.4, 0.5) is 5.69 Å². The fourth-order valence-electron chi connectivity index (χ4n) is 4.19. The molecule has 1 unspecified atom stereocenters. The van der Waals surface area contributed by atoms with Gasteiger partial charge in [-0.05, 0) is 24.1 Å². The Morgan fingerprint density at radius 1 is 0.968 bits per heavy atom. The van der Waals surface area contributed by atoms with Crippen LogP contribution >= 0.6 is 11.8 Å². The standard InChI is InChI=1S/C26H45N3OS/c1-2-3-4-5-6-7-8-9-10-11-12-13-14-15-19-28-25(30)24-21-31-26(29-24)22-17-16-18-23(27)20-22/h16-18,20,24,26,29H,2-15,19,21,27H2,1H3,(H,28,30)/t24-,26?/m0/s1. The molecule has 0 saturated carbocycles. The number of hydrogen-bond acceptors (Lipinski definition) is 4. The largest absolute Gasteiger partial charge is 0.399 e. The van der Waals surface area contributed by atoms with E-state index in [1.807, 2.05) is 18.2 Å². The molecule has 1 heterocycles. The number of nitrogen functional groups attached to an aromatic ring is 1. The molecule has 1 aromatic carbocycles. The molecular formula is C26H45N3OS. The Balaban J connectivity index is 1.39. The number of carbonyl (C=O) groups is 1. The van der Waals surface area contributed by atoms with E-state index in [1.165, 1.54) is 83.5 Å². The van der Waals surface area contributed by atoms with Gasteiger partial charge < -0.3 is 11.1 Å². The van der Waals surface area contributed by atoms with E-state index in [2.05, 4.69) is 23.6 Å². The zero-order valence-electron chi connectivity index (χ0n) is 19.7. The first-order valence-electron chi connectivity index (χ1n) is 12.7. The molecule has 1 amide bonds. The van der Waals surface area contributed by atoms with Crippen molar-refractivity contribution in [2.45, 2.75) is 108 Å². The van der Waals surface area contributed by atoms with E-state index in [1.54, 1.807) is 11.8 Å². The fourth-order valence-corrected chi connectivity index (χ4v) is 5.42. The molecule has 1 aliphatic heterocycles. The highest BCUT2D eigenvalue weighted by Crippen LogP contribution is 2.33. The number of thioether (sulfide) groups is 1. The van der Waals surface area contributed by atoms with Crippen LogP contribution in [0, 0.1) is 0 Å². The van der Waals surface area contributed by atoms with E-state index < -0.39 is 0 Å². The molecule has 5 heteroatoms. The molecule has 1 saturated heterocycles. The van der Waals surface area contributed by atoms with E-state index in [0.717, 1.165) is 30.0 Å². The van der Waals surface area contributed by atoms with Gasteiger partial charge in [0.25, 0.3) is 0 Å². The summed E-state index contributed by atoms with van der Waals surface area (Å²) in [6.07, 6.45) is 19.0. The zero-order valence-corrected chi connectivity index (χ0v) is 20.5. The highest BCUT2D eigenvalue weighted by molar-refractivity contribution is 7.99. The molecule has 31 heavy (non-hydrogen) atoms. The number of carbonyl (C=O) groups excluding carboxylic acids is 1. The molecule has 0 bridgehead atoms. The predicted molar refractivity (Wildman–Crippen MR) is 136 cm³/mol. The van der Waals surface area contributed by atoms with Crippen LogP contribution in [-0.4, -0.2) is 24.2 Å². The van der Waals surface area contributed by atoms with Crippen molar-refractivity contribution in [3.63, 3.8) is 0 Å². The minimum Gasteiger partial charge on any atom is -0.399 e. The monoisotopic (exact) mass is 447 g/mol. The van der Waals surface area contributed by atoms with Crippen LogP contribution in [0.3, 0.4) is 0 Å². The van der Waals surface area contributed by atoms with Gasteiger partial charge in [0.2, 0.25) is 5.91 Å². The minimum absolute atomic E-state index is 0.108. The highest BCUT2D eigenvalue weighted by Gasteiger charge is 2.30. The van der Waals surface area contributed by atoms with Crippen LogP contribution < -0.4 is 16.4 Å². The predicted octanol–water partition coefficient (Wildman–Crippen LogP) is 6.57. The summed E-state index contributed by atoms with van der Waals surface area (Å²) in [6, 6.07) is 7.80. The van der Waals surface area contributed by atoms with Crippen molar-refractivity contribution in [1.29, 1.82) is 0 Å². The Morgan fingerprint density at radius 2 is 1.55 bits per heavy atom. The lowest BCUT2D eigenvalue weighted by Crippen LogP contribution is -2.42. The van der Waals surface area contributed by atoms with Crippen LogP contribution in [0.25, 0.3) is 0 Å². The number of unbranched alkanes of at least 4 members (excludes halogenated alkanes) is 13. The summed E-state index contributed by atoms with van der Waals surface area (Å²) < 4.78 is 0. The number of nitrogens with two attached hydrogens (primary N) is 1. The van der Waals surface area contributed by atoms with Crippen molar-refractivity contribution in [3.05, 3.63) is 29.8 Å². The van der Waals surface area contributed by atoms with Gasteiger partial charge in [0.05, 0.1) is 11.4 Å². The van der Waals surface area contributed by atoms with E-state index in [-0.39, 0.29) is 17.3 Å². The molecule has 0 aromatic heterocycles. The maximum atomic E-state index is 12.4. The average molecular weight is 448 g/mol. The number of benzene rings is 1. The van der Waals surface area contributed by atoms with Crippen LogP contribution in [-0.2, 0) is 4.79 Å². The summed E-state index contributed by atoms with van der Waals surface area (Å²) in [7, 11) is 0. The van der Waals surface area contributed by atoms with Crippen LogP contribution in [0.15, 0.2) is 24.3 Å². The number of nitrogens with one attached hydrogen (secondary N) is 2. The maximum absolute atomic E-state index is 12.4. The van der Waals surface area contributed by atoms with Gasteiger partial charge in [-0.25, -0.2) is 0 Å². The van der Waals surface area contributed by atoms with Crippen molar-refractivity contribution in [2.24, 2.45) is 0 Å². The molecule has 1 aromatic rings. The normalized spacial score (nSPS) is 18.4. The molecule has 0 radical (unpaired) electrons. The van der Waals surface area contributed by atoms with Gasteiger partial charge in [-0.1, -0.05) is 103 Å². The smallest absolute Gasteiger partial charge is 0.238 e. The summed E-state index contributed by atoms with van der Waals surface area (Å²) >= 11 is 1.78. The van der Waals surface area contributed by atoms with E-state index in [0.29, 0.717) is 0 Å². The van der Waals surface area contributed by atoms with Crippen LogP contribution in [0.2, 0.25) is 0 Å². The number of rotatable bonds is 17. The second-order valence-corrected chi connectivity index (χ2v) is 10.1. The number of hydrogen-bond donors (Lipinski definition) is 3. The molecule has 2 atom stereocenters. The minimum atomic E-state index is -0.108. The summed E-state index contributed by atoms with van der Waals surface area (Å²) in [5.41, 5.74) is 7.79. The molecule has 176 valence electrons. The lowest BCUT2D eigenvalue weighted by Gasteiger charge is -2.14. The third kappa shape index (κ3) is 11.3. The summed E-state index contributed by atoms with van der Waals surface area (Å²) in [4.78, 5) is 12.4. The Bertz CT molecular complexity index is 610. The molecule has 1 fully saturated rings. The summed E-state index contributed by atoms with van der Waals surface area (Å²) in [5.74, 6) is 0.943. The van der Waals surface area contributed by atoms with E-state index >= 15 is 0 Å². The van der Waals surface area contributed by atoms with Crippen molar-refractivity contribution in [2.75, 3.05) is 18.0 Å². The molecular weight excluding hydrogens is 402 g/mol. The molecule has 0 spiro atoms. The maximum Gasteiger partial charge on any atom is 0.238 e. The number of amides is 1. The van der Waals surface area contributed by atoms with Crippen molar-refractivity contribution in [1.82, 2.24) is 10.6 Å². The van der Waals surface area contributed by atoms with Crippen LogP contribution in [0.5, 0.6) is 0 Å². The number of anilines is 1. The highest BCUT2D eigenvalue weighted by atomic mass is 32.2. The second kappa shape index (κ2) is 16.4. The first-order valence-corrected chi connectivity index (χ1v) is 13.8. The van der Waals surface area contributed by atoms with Gasteiger partial charge in [-0.2, -0.15) is 0 Å². The van der Waals surface area contributed by atoms with E-state index in [9.17, 15) is 4.79 Å². The summed E-state index contributed by atoms with van der Waals surface area (Å²) in [6.45, 7) is 3.07. The van der Waals surface area contributed by atoms with Crippen LogP contribution in [0.1, 0.15) is 108 Å². The van der Waals surface area contributed by atoms with Gasteiger partial charge in [0.15, 0.2) is 0 Å². The first-order chi connectivity index (χ1) is 15.2. The molecule has 4 nitrogen and oxygen atoms in total. The Kier molecular flexibility index (Phi) is 13.8. The van der Waals surface area contributed by atoms with Gasteiger partial charge in [-0.3, -0.25) is 10.1 Å². The lowest BCUT2D eigenvalue weighted by molar-refractivity contribution is -0.122. The van der Waals surface area contributed by atoms with Gasteiger partial charge in [0.1, 0.15) is 0 Å². The quantitative estimate of drug-likeness (QED) is 0.187. The van der Waals surface area contributed by atoms with Crippen molar-refractivity contribution >= 4 is 23.4 Å². The van der Waals surface area contributed by atoms with Gasteiger partial charge in [0, 0.05) is 18.0 Å². The molecule has 4 N–H and O–H groups in total. The molecule has 1 aliphatic rings. The summed E-state index contributed by atoms with van der Waals surface area (Å²) in [5, 5.41) is 6.70. The second-order valence-electron chi connectivity index (χ2n) is 8.99. The zero-order chi connectivity index (χ0) is 22.2. The van der Waals surface area contributed by atoms with Gasteiger partial charge in [-0.15, -0.1) is 11.8 Å². The molecule has 0 aliphatic carbocycles.